The first-order valence-electron chi connectivity index (χ1n) is 7.78. The third kappa shape index (κ3) is 3.69. The maximum atomic E-state index is 6.08. The summed E-state index contributed by atoms with van der Waals surface area (Å²) in [6, 6.07) is 0.704. The molecule has 2 fully saturated rings. The van der Waals surface area contributed by atoms with Crippen LogP contribution in [0.15, 0.2) is 0 Å². The van der Waals surface area contributed by atoms with E-state index in [4.69, 9.17) is 10.5 Å². The van der Waals surface area contributed by atoms with Crippen LogP contribution in [0, 0.1) is 0 Å². The van der Waals surface area contributed by atoms with Gasteiger partial charge in [0.1, 0.15) is 0 Å². The summed E-state index contributed by atoms with van der Waals surface area (Å²) in [5, 5.41) is 3.93. The first-order chi connectivity index (χ1) is 8.78. The van der Waals surface area contributed by atoms with Crippen molar-refractivity contribution in [3.05, 3.63) is 0 Å². The summed E-state index contributed by atoms with van der Waals surface area (Å²) in [6.45, 7) is 0.778. The maximum Gasteiger partial charge on any atom is 0.0572 e. The summed E-state index contributed by atoms with van der Waals surface area (Å²) in [4.78, 5) is 0. The molecular weight excluding hydrogens is 224 g/mol. The SMILES string of the molecule is COC1CCC(CN)(NC2CCCCCC2)CC1. The van der Waals surface area contributed by atoms with Crippen molar-refractivity contribution in [2.24, 2.45) is 5.73 Å². The summed E-state index contributed by atoms with van der Waals surface area (Å²) in [6.07, 6.45) is 13.4. The molecule has 0 radical (unpaired) electrons. The van der Waals surface area contributed by atoms with Crippen LogP contribution in [-0.4, -0.2) is 31.3 Å². The fraction of sp³-hybridized carbons (Fsp3) is 1.00. The molecule has 0 spiro atoms. The topological polar surface area (TPSA) is 47.3 Å². The van der Waals surface area contributed by atoms with Gasteiger partial charge in [-0.15, -0.1) is 0 Å². The van der Waals surface area contributed by atoms with Crippen molar-refractivity contribution in [1.29, 1.82) is 0 Å². The van der Waals surface area contributed by atoms with Crippen LogP contribution < -0.4 is 11.1 Å². The van der Waals surface area contributed by atoms with Gasteiger partial charge in [0.2, 0.25) is 0 Å². The molecule has 18 heavy (non-hydrogen) atoms. The third-order valence-electron chi connectivity index (χ3n) is 4.98. The van der Waals surface area contributed by atoms with E-state index in [2.05, 4.69) is 5.32 Å². The summed E-state index contributed by atoms with van der Waals surface area (Å²) in [7, 11) is 1.83. The van der Waals surface area contributed by atoms with Gasteiger partial charge in [-0.3, -0.25) is 0 Å². The number of hydrogen-bond acceptors (Lipinski definition) is 3. The van der Waals surface area contributed by atoms with Crippen molar-refractivity contribution >= 4 is 0 Å². The molecule has 3 nitrogen and oxygen atoms in total. The zero-order chi connectivity index (χ0) is 12.8. The van der Waals surface area contributed by atoms with Crippen molar-refractivity contribution in [2.45, 2.75) is 81.9 Å². The van der Waals surface area contributed by atoms with E-state index in [1.165, 1.54) is 51.4 Å². The van der Waals surface area contributed by atoms with Gasteiger partial charge in [0.25, 0.3) is 0 Å². The van der Waals surface area contributed by atoms with Crippen molar-refractivity contribution < 1.29 is 4.74 Å². The van der Waals surface area contributed by atoms with Crippen LogP contribution >= 0.6 is 0 Å². The van der Waals surface area contributed by atoms with Gasteiger partial charge in [-0.1, -0.05) is 25.7 Å². The van der Waals surface area contributed by atoms with Gasteiger partial charge >= 0.3 is 0 Å². The highest BCUT2D eigenvalue weighted by Gasteiger charge is 2.35. The van der Waals surface area contributed by atoms with E-state index in [0.29, 0.717) is 12.1 Å². The molecule has 2 saturated carbocycles. The predicted molar refractivity (Wildman–Crippen MR) is 75.7 cm³/mol. The van der Waals surface area contributed by atoms with Crippen molar-refractivity contribution in [3.63, 3.8) is 0 Å². The molecule has 0 saturated heterocycles. The summed E-state index contributed by atoms with van der Waals surface area (Å²) < 4.78 is 5.47. The first-order valence-corrected chi connectivity index (χ1v) is 7.78. The molecule has 0 bridgehead atoms. The monoisotopic (exact) mass is 254 g/mol. The molecule has 0 aromatic carbocycles. The number of methoxy groups -OCH3 is 1. The lowest BCUT2D eigenvalue weighted by atomic mass is 9.79. The molecule has 0 aromatic heterocycles. The Morgan fingerprint density at radius 2 is 1.67 bits per heavy atom. The van der Waals surface area contributed by atoms with Crippen molar-refractivity contribution in [1.82, 2.24) is 5.32 Å². The minimum absolute atomic E-state index is 0.198. The molecule has 2 aliphatic carbocycles. The molecule has 0 amide bonds. The quantitative estimate of drug-likeness (QED) is 0.758. The largest absolute Gasteiger partial charge is 0.381 e. The van der Waals surface area contributed by atoms with E-state index in [1.54, 1.807) is 0 Å². The number of ether oxygens (including phenoxy) is 1. The molecule has 0 aromatic rings. The molecule has 0 atom stereocenters. The van der Waals surface area contributed by atoms with Gasteiger partial charge in [-0.2, -0.15) is 0 Å². The second-order valence-electron chi connectivity index (χ2n) is 6.25. The second kappa shape index (κ2) is 6.88. The van der Waals surface area contributed by atoms with Gasteiger partial charge in [0, 0.05) is 25.2 Å². The van der Waals surface area contributed by atoms with Crippen LogP contribution in [-0.2, 0) is 4.74 Å². The minimum Gasteiger partial charge on any atom is -0.381 e. The molecule has 3 N–H and O–H groups in total. The Hall–Kier alpha value is -0.120. The van der Waals surface area contributed by atoms with Crippen LogP contribution in [0.4, 0.5) is 0 Å². The zero-order valence-electron chi connectivity index (χ0n) is 11.9. The van der Waals surface area contributed by atoms with E-state index in [1.807, 2.05) is 7.11 Å². The lowest BCUT2D eigenvalue weighted by Gasteiger charge is -2.42. The van der Waals surface area contributed by atoms with Gasteiger partial charge in [-0.05, 0) is 38.5 Å². The number of nitrogens with two attached hydrogens (primary N) is 1. The molecule has 2 rings (SSSR count). The van der Waals surface area contributed by atoms with Gasteiger partial charge < -0.3 is 15.8 Å². The van der Waals surface area contributed by atoms with E-state index < -0.39 is 0 Å². The first kappa shape index (κ1) is 14.3. The van der Waals surface area contributed by atoms with Gasteiger partial charge in [0.15, 0.2) is 0 Å². The maximum absolute atomic E-state index is 6.08. The molecule has 3 heteroatoms. The number of rotatable bonds is 4. The molecule has 2 aliphatic rings. The summed E-state index contributed by atoms with van der Waals surface area (Å²) >= 11 is 0. The minimum atomic E-state index is 0.198. The van der Waals surface area contributed by atoms with Crippen molar-refractivity contribution in [3.8, 4) is 0 Å². The Labute approximate surface area is 112 Å². The number of nitrogens with one attached hydrogen (secondary N) is 1. The number of hydrogen-bond donors (Lipinski definition) is 2. The molecule has 106 valence electrons. The van der Waals surface area contributed by atoms with Crippen LogP contribution in [0.25, 0.3) is 0 Å². The Morgan fingerprint density at radius 1 is 1.06 bits per heavy atom. The smallest absolute Gasteiger partial charge is 0.0572 e. The average molecular weight is 254 g/mol. The van der Waals surface area contributed by atoms with Crippen LogP contribution in [0.3, 0.4) is 0 Å². The summed E-state index contributed by atoms with van der Waals surface area (Å²) in [5.74, 6) is 0. The fourth-order valence-corrected chi connectivity index (χ4v) is 3.64. The Bertz CT molecular complexity index is 229. The standard InChI is InChI=1S/C15H30N2O/c1-18-14-8-10-15(12-16,11-9-14)17-13-6-4-2-3-5-7-13/h13-14,17H,2-12,16H2,1H3. The van der Waals surface area contributed by atoms with E-state index in [9.17, 15) is 0 Å². The lowest BCUT2D eigenvalue weighted by molar-refractivity contribution is 0.0396. The van der Waals surface area contributed by atoms with E-state index in [-0.39, 0.29) is 5.54 Å². The molecule has 0 aliphatic heterocycles. The fourth-order valence-electron chi connectivity index (χ4n) is 3.64. The molecule has 0 heterocycles. The molecular formula is C15H30N2O. The van der Waals surface area contributed by atoms with Crippen LogP contribution in [0.5, 0.6) is 0 Å². The zero-order valence-corrected chi connectivity index (χ0v) is 11.9. The van der Waals surface area contributed by atoms with Crippen molar-refractivity contribution in [2.75, 3.05) is 13.7 Å². The Balaban J connectivity index is 1.87. The van der Waals surface area contributed by atoms with Gasteiger partial charge in [-0.25, -0.2) is 0 Å². The highest BCUT2D eigenvalue weighted by atomic mass is 16.5. The average Bonchev–Trinajstić information content (AvgIpc) is 2.68. The predicted octanol–water partition coefficient (Wildman–Crippen LogP) is 2.59. The highest BCUT2D eigenvalue weighted by Crippen LogP contribution is 2.31. The lowest BCUT2D eigenvalue weighted by Crippen LogP contribution is -2.57. The third-order valence-corrected chi connectivity index (χ3v) is 4.98. The molecule has 0 unspecified atom stereocenters. The normalized spacial score (nSPS) is 35.3. The van der Waals surface area contributed by atoms with E-state index in [0.717, 1.165) is 19.4 Å². The van der Waals surface area contributed by atoms with E-state index >= 15 is 0 Å². The summed E-state index contributed by atoms with van der Waals surface area (Å²) in [5.41, 5.74) is 6.28. The van der Waals surface area contributed by atoms with Crippen LogP contribution in [0.2, 0.25) is 0 Å². The highest BCUT2D eigenvalue weighted by molar-refractivity contribution is 4.96. The van der Waals surface area contributed by atoms with Gasteiger partial charge in [0.05, 0.1) is 6.10 Å². The Morgan fingerprint density at radius 3 is 2.17 bits per heavy atom. The van der Waals surface area contributed by atoms with Crippen LogP contribution in [0.1, 0.15) is 64.2 Å². The Kier molecular flexibility index (Phi) is 5.46. The second-order valence-corrected chi connectivity index (χ2v) is 6.25.